The Morgan fingerprint density at radius 2 is 1.85 bits per heavy atom. The maximum absolute atomic E-state index is 14.8. The van der Waals surface area contributed by atoms with E-state index in [-0.39, 0.29) is 5.56 Å². The molecular weight excluding hydrogens is 458 g/mol. The Hall–Kier alpha value is -2.81. The van der Waals surface area contributed by atoms with E-state index in [1.165, 1.54) is 29.2 Å². The highest BCUT2D eigenvalue weighted by Gasteiger charge is 2.47. The highest BCUT2D eigenvalue weighted by Crippen LogP contribution is 2.53. The van der Waals surface area contributed by atoms with Crippen molar-refractivity contribution in [3.05, 3.63) is 95.1 Å². The van der Waals surface area contributed by atoms with Gasteiger partial charge in [-0.2, -0.15) is 5.10 Å². The van der Waals surface area contributed by atoms with Crippen LogP contribution in [0.3, 0.4) is 0 Å². The molecule has 0 amide bonds. The first-order valence-electron chi connectivity index (χ1n) is 10.7. The molecule has 8 heteroatoms. The molecule has 3 aromatic carbocycles. The molecule has 1 aliphatic rings. The van der Waals surface area contributed by atoms with Crippen molar-refractivity contribution in [2.45, 2.75) is 24.6 Å². The number of rotatable bonds is 6. The molecule has 0 fully saturated rings. The van der Waals surface area contributed by atoms with Crippen molar-refractivity contribution in [3.8, 4) is 0 Å². The number of nitrogens with two attached hydrogens (primary N) is 1. The molecule has 4 aromatic rings. The first-order chi connectivity index (χ1) is 16.0. The maximum atomic E-state index is 14.8. The summed E-state index contributed by atoms with van der Waals surface area (Å²) in [5.41, 5.74) is 9.08. The van der Waals surface area contributed by atoms with Crippen LogP contribution in [0.4, 0.5) is 13.9 Å². The van der Waals surface area contributed by atoms with Gasteiger partial charge in [0.2, 0.25) is 5.13 Å². The van der Waals surface area contributed by atoms with Crippen molar-refractivity contribution >= 4 is 43.5 Å². The molecule has 168 valence electrons. The zero-order valence-corrected chi connectivity index (χ0v) is 19.6. The van der Waals surface area contributed by atoms with E-state index in [4.69, 9.17) is 15.8 Å². The van der Waals surface area contributed by atoms with Crippen molar-refractivity contribution in [3.63, 3.8) is 0 Å². The summed E-state index contributed by atoms with van der Waals surface area (Å²) < 4.78 is 29.8. The number of fused-ring (bicyclic) bond motifs is 1. The number of thiazole rings is 1. The van der Waals surface area contributed by atoms with Crippen molar-refractivity contribution in [1.82, 2.24) is 4.98 Å². The molecule has 0 saturated heterocycles. The third-order valence-corrected chi connectivity index (χ3v) is 8.07. The summed E-state index contributed by atoms with van der Waals surface area (Å²) >= 11 is 2.96. The number of benzene rings is 3. The average molecular weight is 481 g/mol. The third kappa shape index (κ3) is 4.03. The van der Waals surface area contributed by atoms with Crippen LogP contribution in [-0.4, -0.2) is 16.6 Å². The Balaban J connectivity index is 1.71. The second-order valence-electron chi connectivity index (χ2n) is 7.95. The standard InChI is InChI=1S/C25H22F2N4S2/c1-16-8-11-22-21(14-16)29-24(32-22)31-25(12-5-13-28,17-6-3-2-4-7-17)33-23(30-31)19-15-18(26)9-10-20(19)27/h2-4,6-11,14-15H,5,12-13,28H2,1H3. The first kappa shape index (κ1) is 22.0. The van der Waals surface area contributed by atoms with Crippen LogP contribution in [-0.2, 0) is 4.87 Å². The largest absolute Gasteiger partial charge is 0.330 e. The van der Waals surface area contributed by atoms with Crippen molar-refractivity contribution in [2.75, 3.05) is 11.6 Å². The van der Waals surface area contributed by atoms with E-state index in [2.05, 4.69) is 12.1 Å². The minimum Gasteiger partial charge on any atom is -0.330 e. The van der Waals surface area contributed by atoms with Crippen LogP contribution < -0.4 is 10.7 Å². The van der Waals surface area contributed by atoms with Gasteiger partial charge >= 0.3 is 0 Å². The van der Waals surface area contributed by atoms with E-state index in [1.54, 1.807) is 0 Å². The summed E-state index contributed by atoms with van der Waals surface area (Å²) in [6.07, 6.45) is 1.40. The number of hydrogen-bond acceptors (Lipinski definition) is 6. The van der Waals surface area contributed by atoms with Crippen LogP contribution in [0.2, 0.25) is 0 Å². The summed E-state index contributed by atoms with van der Waals surface area (Å²) in [4.78, 5) is 4.19. The number of nitrogens with zero attached hydrogens (tertiary/aromatic N) is 3. The Labute approximate surface area is 199 Å². The minimum absolute atomic E-state index is 0.146. The van der Waals surface area contributed by atoms with Gasteiger partial charge in [0, 0.05) is 5.56 Å². The number of halogens is 2. The number of aromatic nitrogens is 1. The smallest absolute Gasteiger partial charge is 0.208 e. The van der Waals surface area contributed by atoms with Crippen LogP contribution >= 0.6 is 23.1 Å². The van der Waals surface area contributed by atoms with E-state index < -0.39 is 16.5 Å². The quantitative estimate of drug-likeness (QED) is 0.347. The van der Waals surface area contributed by atoms with Gasteiger partial charge in [-0.05, 0) is 67.8 Å². The normalized spacial score (nSPS) is 18.2. The van der Waals surface area contributed by atoms with Crippen LogP contribution in [0.1, 0.15) is 29.5 Å². The van der Waals surface area contributed by atoms with E-state index in [9.17, 15) is 8.78 Å². The number of aryl methyl sites for hydroxylation is 1. The third-order valence-electron chi connectivity index (χ3n) is 5.61. The second kappa shape index (κ2) is 8.85. The first-order valence-corrected chi connectivity index (χ1v) is 12.3. The molecule has 0 spiro atoms. The lowest BCUT2D eigenvalue weighted by Gasteiger charge is -2.35. The summed E-state index contributed by atoms with van der Waals surface area (Å²) in [7, 11) is 0. The van der Waals surface area contributed by atoms with E-state index in [0.717, 1.165) is 39.9 Å². The molecule has 5 rings (SSSR count). The Kier molecular flexibility index (Phi) is 5.90. The fourth-order valence-electron chi connectivity index (χ4n) is 4.00. The summed E-state index contributed by atoms with van der Waals surface area (Å²) in [6, 6.07) is 19.6. The van der Waals surface area contributed by atoms with E-state index in [1.807, 2.05) is 48.3 Å². The molecule has 1 aliphatic heterocycles. The lowest BCUT2D eigenvalue weighted by molar-refractivity contribution is 0.527. The van der Waals surface area contributed by atoms with Gasteiger partial charge in [0.05, 0.1) is 10.2 Å². The van der Waals surface area contributed by atoms with Gasteiger partial charge in [0.25, 0.3) is 0 Å². The van der Waals surface area contributed by atoms with Gasteiger partial charge in [-0.3, -0.25) is 0 Å². The van der Waals surface area contributed by atoms with Crippen molar-refractivity contribution in [1.29, 1.82) is 0 Å². The monoisotopic (exact) mass is 480 g/mol. The predicted octanol–water partition coefficient (Wildman–Crippen LogP) is 6.39. The predicted molar refractivity (Wildman–Crippen MR) is 134 cm³/mol. The van der Waals surface area contributed by atoms with Gasteiger partial charge in [0.1, 0.15) is 21.5 Å². The minimum atomic E-state index is -0.683. The zero-order chi connectivity index (χ0) is 23.0. The molecule has 2 heterocycles. The van der Waals surface area contributed by atoms with E-state index >= 15 is 0 Å². The van der Waals surface area contributed by atoms with Crippen LogP contribution in [0.5, 0.6) is 0 Å². The highest BCUT2D eigenvalue weighted by molar-refractivity contribution is 8.15. The topological polar surface area (TPSA) is 54.5 Å². The van der Waals surface area contributed by atoms with Crippen molar-refractivity contribution < 1.29 is 8.78 Å². The van der Waals surface area contributed by atoms with Gasteiger partial charge in [0.15, 0.2) is 0 Å². The molecule has 0 bridgehead atoms. The van der Waals surface area contributed by atoms with Gasteiger partial charge < -0.3 is 5.73 Å². The maximum Gasteiger partial charge on any atom is 0.208 e. The van der Waals surface area contributed by atoms with Crippen LogP contribution in [0.25, 0.3) is 10.2 Å². The highest BCUT2D eigenvalue weighted by atomic mass is 32.2. The van der Waals surface area contributed by atoms with E-state index in [0.29, 0.717) is 23.1 Å². The van der Waals surface area contributed by atoms with Gasteiger partial charge in [-0.1, -0.05) is 59.5 Å². The zero-order valence-electron chi connectivity index (χ0n) is 18.0. The molecule has 1 atom stereocenters. The van der Waals surface area contributed by atoms with Gasteiger partial charge in [-0.15, -0.1) is 0 Å². The Morgan fingerprint density at radius 3 is 2.64 bits per heavy atom. The summed E-state index contributed by atoms with van der Waals surface area (Å²) in [5, 5.41) is 7.85. The fourth-order valence-corrected chi connectivity index (χ4v) is 6.45. The molecule has 0 radical (unpaired) electrons. The van der Waals surface area contributed by atoms with Crippen LogP contribution in [0, 0.1) is 18.6 Å². The molecule has 2 N–H and O–H groups in total. The summed E-state index contributed by atoms with van der Waals surface area (Å²) in [6.45, 7) is 2.54. The lowest BCUT2D eigenvalue weighted by atomic mass is 10.0. The fraction of sp³-hybridized carbons (Fsp3) is 0.200. The number of anilines is 1. The molecule has 1 aromatic heterocycles. The Morgan fingerprint density at radius 1 is 1.03 bits per heavy atom. The molecule has 1 unspecified atom stereocenters. The number of thioether (sulfide) groups is 1. The molecule has 0 saturated carbocycles. The molecule has 4 nitrogen and oxygen atoms in total. The second-order valence-corrected chi connectivity index (χ2v) is 10.2. The number of hydrazone groups is 1. The Bertz CT molecular complexity index is 1340. The molecule has 0 aliphatic carbocycles. The molecular formula is C25H22F2N4S2. The van der Waals surface area contributed by atoms with Crippen molar-refractivity contribution in [2.24, 2.45) is 10.8 Å². The molecule has 33 heavy (non-hydrogen) atoms. The van der Waals surface area contributed by atoms with Crippen LogP contribution in [0.15, 0.2) is 71.8 Å². The average Bonchev–Trinajstić information content (AvgIpc) is 3.41. The summed E-state index contributed by atoms with van der Waals surface area (Å²) in [5.74, 6) is -1.01. The SMILES string of the molecule is Cc1ccc2sc(N3N=C(c4cc(F)ccc4F)SC3(CCCN)c3ccccc3)nc2c1. The number of hydrogen-bond donors (Lipinski definition) is 1. The van der Waals surface area contributed by atoms with Gasteiger partial charge in [-0.25, -0.2) is 18.8 Å². The lowest BCUT2D eigenvalue weighted by Crippen LogP contribution is -2.38.